The second-order valence-corrected chi connectivity index (χ2v) is 7.01. The van der Waals surface area contributed by atoms with Crippen LogP contribution < -0.4 is 20.7 Å². The van der Waals surface area contributed by atoms with Gasteiger partial charge in [-0.25, -0.2) is 4.79 Å². The summed E-state index contributed by atoms with van der Waals surface area (Å²) in [6.45, 7) is 0.0964. The molecule has 0 aliphatic rings. The van der Waals surface area contributed by atoms with E-state index in [0.29, 0.717) is 32.7 Å². The first-order chi connectivity index (χ1) is 14.8. The molecule has 0 unspecified atom stereocenters. The SMILES string of the molecule is COc1cccc(C=Cc2[nH]c(=O)[nH]c(=O)c2[N+](=O)[O-])c1OCc1ccc(Cl)cc1Cl. The first kappa shape index (κ1) is 22.1. The maximum atomic E-state index is 11.8. The van der Waals surface area contributed by atoms with Gasteiger partial charge in [0.15, 0.2) is 11.5 Å². The average Bonchev–Trinajstić information content (AvgIpc) is 2.71. The van der Waals surface area contributed by atoms with Crippen LogP contribution in [0.3, 0.4) is 0 Å². The number of H-pyrrole nitrogens is 2. The van der Waals surface area contributed by atoms with Gasteiger partial charge in [-0.2, -0.15) is 0 Å². The molecule has 0 fully saturated rings. The zero-order valence-electron chi connectivity index (χ0n) is 16.0. The van der Waals surface area contributed by atoms with Crippen molar-refractivity contribution in [3.8, 4) is 11.5 Å². The van der Waals surface area contributed by atoms with Gasteiger partial charge < -0.3 is 14.5 Å². The van der Waals surface area contributed by atoms with Crippen molar-refractivity contribution in [3.63, 3.8) is 0 Å². The van der Waals surface area contributed by atoms with Gasteiger partial charge in [0.25, 0.3) is 0 Å². The van der Waals surface area contributed by atoms with Crippen molar-refractivity contribution in [2.24, 2.45) is 0 Å². The number of hydrogen-bond donors (Lipinski definition) is 2. The van der Waals surface area contributed by atoms with E-state index in [4.69, 9.17) is 32.7 Å². The fourth-order valence-electron chi connectivity index (χ4n) is 2.74. The van der Waals surface area contributed by atoms with E-state index in [0.717, 1.165) is 0 Å². The lowest BCUT2D eigenvalue weighted by atomic mass is 10.1. The molecule has 0 bridgehead atoms. The summed E-state index contributed by atoms with van der Waals surface area (Å²) < 4.78 is 11.2. The van der Waals surface area contributed by atoms with Gasteiger partial charge in [-0.15, -0.1) is 0 Å². The fourth-order valence-corrected chi connectivity index (χ4v) is 3.20. The summed E-state index contributed by atoms with van der Waals surface area (Å²) in [6.07, 6.45) is 2.70. The molecule has 3 aromatic rings. The highest BCUT2D eigenvalue weighted by Crippen LogP contribution is 2.34. The Kier molecular flexibility index (Phi) is 6.78. The van der Waals surface area contributed by atoms with Crippen LogP contribution in [0, 0.1) is 10.1 Å². The molecule has 0 aliphatic heterocycles. The van der Waals surface area contributed by atoms with Gasteiger partial charge in [-0.1, -0.05) is 41.4 Å². The van der Waals surface area contributed by atoms with Gasteiger partial charge in [-0.05, 0) is 30.4 Å². The number of aromatic amines is 2. The van der Waals surface area contributed by atoms with Crippen LogP contribution in [0.4, 0.5) is 5.69 Å². The van der Waals surface area contributed by atoms with E-state index in [9.17, 15) is 19.7 Å². The Bertz CT molecular complexity index is 1280. The topological polar surface area (TPSA) is 127 Å². The monoisotopic (exact) mass is 463 g/mol. The average molecular weight is 464 g/mol. The molecule has 3 rings (SSSR count). The summed E-state index contributed by atoms with van der Waals surface area (Å²) in [5.41, 5.74) is -1.84. The highest BCUT2D eigenvalue weighted by Gasteiger charge is 2.19. The molecule has 160 valence electrons. The van der Waals surface area contributed by atoms with Crippen molar-refractivity contribution in [1.82, 2.24) is 9.97 Å². The number of nitrogens with one attached hydrogen (secondary N) is 2. The molecule has 31 heavy (non-hydrogen) atoms. The number of aromatic nitrogens is 2. The Morgan fingerprint density at radius 3 is 2.58 bits per heavy atom. The third kappa shape index (κ3) is 5.14. The number of nitro groups is 1. The predicted molar refractivity (Wildman–Crippen MR) is 117 cm³/mol. The Labute approximate surface area is 185 Å². The molecule has 9 nitrogen and oxygen atoms in total. The fraction of sp³-hybridized carbons (Fsp3) is 0.100. The van der Waals surface area contributed by atoms with E-state index in [1.165, 1.54) is 19.3 Å². The van der Waals surface area contributed by atoms with Crippen molar-refractivity contribution in [3.05, 3.63) is 94.2 Å². The van der Waals surface area contributed by atoms with Crippen molar-refractivity contribution >= 4 is 41.0 Å². The first-order valence-corrected chi connectivity index (χ1v) is 9.48. The standard InChI is InChI=1S/C20H15Cl2N3O6/c1-30-16-4-2-3-11(18(16)31-10-12-5-7-13(21)9-14(12)22)6-8-15-17(25(28)29)19(26)24-20(27)23-15/h2-9H,10H2,1H3,(H2,23,24,26,27). The Morgan fingerprint density at radius 1 is 1.13 bits per heavy atom. The van der Waals surface area contributed by atoms with Gasteiger partial charge >= 0.3 is 16.9 Å². The number of rotatable bonds is 7. The molecule has 11 heteroatoms. The van der Waals surface area contributed by atoms with Gasteiger partial charge in [0.05, 0.1) is 12.0 Å². The Balaban J connectivity index is 1.99. The number of para-hydroxylation sites is 1. The van der Waals surface area contributed by atoms with Gasteiger partial charge in [0, 0.05) is 21.2 Å². The van der Waals surface area contributed by atoms with Gasteiger partial charge in [-0.3, -0.25) is 19.9 Å². The number of hydrogen-bond acceptors (Lipinski definition) is 6. The highest BCUT2D eigenvalue weighted by atomic mass is 35.5. The number of benzene rings is 2. The van der Waals surface area contributed by atoms with Gasteiger partial charge in [0.2, 0.25) is 0 Å². The summed E-state index contributed by atoms with van der Waals surface area (Å²) in [7, 11) is 1.46. The summed E-state index contributed by atoms with van der Waals surface area (Å²) in [6, 6.07) is 10.0. The maximum absolute atomic E-state index is 11.8. The molecular formula is C20H15Cl2N3O6. The van der Waals surface area contributed by atoms with Crippen molar-refractivity contribution in [2.45, 2.75) is 6.61 Å². The minimum Gasteiger partial charge on any atom is -0.493 e. The normalized spacial score (nSPS) is 10.9. The maximum Gasteiger partial charge on any atom is 0.357 e. The van der Waals surface area contributed by atoms with Crippen LogP contribution in [0.5, 0.6) is 11.5 Å². The molecule has 0 amide bonds. The molecule has 1 aromatic heterocycles. The second-order valence-electron chi connectivity index (χ2n) is 6.16. The van der Waals surface area contributed by atoms with E-state index in [-0.39, 0.29) is 12.3 Å². The van der Waals surface area contributed by atoms with Crippen LogP contribution in [0.15, 0.2) is 46.0 Å². The van der Waals surface area contributed by atoms with Gasteiger partial charge in [0.1, 0.15) is 12.3 Å². The van der Waals surface area contributed by atoms with Crippen LogP contribution in [-0.4, -0.2) is 22.0 Å². The van der Waals surface area contributed by atoms with E-state index in [1.807, 2.05) is 4.98 Å². The lowest BCUT2D eigenvalue weighted by Gasteiger charge is -2.14. The number of halogens is 2. The smallest absolute Gasteiger partial charge is 0.357 e. The van der Waals surface area contributed by atoms with Crippen LogP contribution >= 0.6 is 23.2 Å². The molecular weight excluding hydrogens is 449 g/mol. The van der Waals surface area contributed by atoms with Crippen molar-refractivity contribution in [1.29, 1.82) is 0 Å². The molecule has 2 N–H and O–H groups in total. The first-order valence-electron chi connectivity index (χ1n) is 8.73. The number of nitrogens with zero attached hydrogens (tertiary/aromatic N) is 1. The summed E-state index contributed by atoms with van der Waals surface area (Å²) in [4.78, 5) is 37.7. The van der Waals surface area contributed by atoms with Crippen LogP contribution in [0.1, 0.15) is 16.8 Å². The van der Waals surface area contributed by atoms with E-state index < -0.39 is 21.9 Å². The van der Waals surface area contributed by atoms with E-state index in [2.05, 4.69) is 4.98 Å². The molecule has 0 atom stereocenters. The van der Waals surface area contributed by atoms with E-state index in [1.54, 1.807) is 36.4 Å². The quantitative estimate of drug-likeness (QED) is 0.402. The Morgan fingerprint density at radius 2 is 1.90 bits per heavy atom. The minimum atomic E-state index is -1.10. The van der Waals surface area contributed by atoms with Crippen LogP contribution in [-0.2, 0) is 6.61 Å². The molecule has 0 radical (unpaired) electrons. The molecule has 1 heterocycles. The molecule has 2 aromatic carbocycles. The summed E-state index contributed by atoms with van der Waals surface area (Å²) in [5.74, 6) is 0.739. The van der Waals surface area contributed by atoms with Crippen LogP contribution in [0.25, 0.3) is 12.2 Å². The van der Waals surface area contributed by atoms with Crippen molar-refractivity contribution < 1.29 is 14.4 Å². The minimum absolute atomic E-state index is 0.0964. The van der Waals surface area contributed by atoms with Crippen LogP contribution in [0.2, 0.25) is 10.0 Å². The zero-order valence-corrected chi connectivity index (χ0v) is 17.5. The summed E-state index contributed by atoms with van der Waals surface area (Å²) >= 11 is 12.1. The van der Waals surface area contributed by atoms with Crippen molar-refractivity contribution in [2.75, 3.05) is 7.11 Å². The summed E-state index contributed by atoms with van der Waals surface area (Å²) in [5, 5.41) is 12.1. The highest BCUT2D eigenvalue weighted by molar-refractivity contribution is 6.35. The number of ether oxygens (including phenoxy) is 2. The molecule has 0 saturated carbocycles. The molecule has 0 aliphatic carbocycles. The third-order valence-corrected chi connectivity index (χ3v) is 4.76. The van der Waals surface area contributed by atoms with E-state index >= 15 is 0 Å². The number of methoxy groups -OCH3 is 1. The third-order valence-electron chi connectivity index (χ3n) is 4.17. The zero-order chi connectivity index (χ0) is 22.5. The Hall–Kier alpha value is -3.56. The molecule has 0 spiro atoms. The molecule has 0 saturated heterocycles. The largest absolute Gasteiger partial charge is 0.493 e. The lowest BCUT2D eigenvalue weighted by molar-refractivity contribution is -0.386. The lowest BCUT2D eigenvalue weighted by Crippen LogP contribution is -2.25. The second kappa shape index (κ2) is 9.50. The predicted octanol–water partition coefficient (Wildman–Crippen LogP) is 4.04.